The Hall–Kier alpha value is -3.86. The zero-order chi connectivity index (χ0) is 26.0. The molecule has 0 aliphatic heterocycles. The Kier molecular flexibility index (Phi) is 6.88. The fourth-order valence-corrected chi connectivity index (χ4v) is 5.89. The summed E-state index contributed by atoms with van der Waals surface area (Å²) < 4.78 is 39.4. The Bertz CT molecular complexity index is 1650. The standard InChI is InChI=1S/C26H20ClN3O5S2/c1-34-20-9-11-22(12-10-20)37(32,33)29-19-7-4-17(5-8-19)25(31)30(16-21-3-2-14-35-21)26-28-23-13-6-18(27)15-24(23)36-26/h2-15,29H,16H2,1H3. The van der Waals surface area contributed by atoms with Crippen molar-refractivity contribution in [1.82, 2.24) is 4.98 Å². The number of sulfonamides is 1. The van der Waals surface area contributed by atoms with Crippen LogP contribution in [-0.4, -0.2) is 26.4 Å². The van der Waals surface area contributed by atoms with E-state index >= 15 is 0 Å². The molecule has 8 nitrogen and oxygen atoms in total. The van der Waals surface area contributed by atoms with Gasteiger partial charge in [0, 0.05) is 16.3 Å². The Morgan fingerprint density at radius 3 is 2.51 bits per heavy atom. The van der Waals surface area contributed by atoms with Crippen molar-refractivity contribution in [2.24, 2.45) is 0 Å². The molecule has 0 bridgehead atoms. The summed E-state index contributed by atoms with van der Waals surface area (Å²) in [4.78, 5) is 19.8. The number of hydrogen-bond acceptors (Lipinski definition) is 7. The van der Waals surface area contributed by atoms with Crippen molar-refractivity contribution in [3.63, 3.8) is 0 Å². The van der Waals surface area contributed by atoms with Crippen molar-refractivity contribution in [3.05, 3.63) is 101 Å². The lowest BCUT2D eigenvalue weighted by atomic mass is 10.2. The first-order valence-electron chi connectivity index (χ1n) is 11.0. The molecule has 3 aromatic carbocycles. The molecule has 0 unspecified atom stereocenters. The third-order valence-electron chi connectivity index (χ3n) is 5.46. The quantitative estimate of drug-likeness (QED) is 0.245. The molecule has 1 amide bonds. The molecule has 0 fully saturated rings. The first-order chi connectivity index (χ1) is 17.8. The van der Waals surface area contributed by atoms with Crippen molar-refractivity contribution in [3.8, 4) is 5.75 Å². The number of anilines is 2. The van der Waals surface area contributed by atoms with Crippen molar-refractivity contribution >= 4 is 59.9 Å². The van der Waals surface area contributed by atoms with Crippen molar-refractivity contribution in [2.45, 2.75) is 11.4 Å². The Balaban J connectivity index is 1.40. The summed E-state index contributed by atoms with van der Waals surface area (Å²) in [5.41, 5.74) is 1.40. The minimum absolute atomic E-state index is 0.0917. The maximum Gasteiger partial charge on any atom is 0.261 e. The van der Waals surface area contributed by atoms with Crippen molar-refractivity contribution in [2.75, 3.05) is 16.7 Å². The third kappa shape index (κ3) is 5.46. The van der Waals surface area contributed by atoms with Crippen LogP contribution in [0.5, 0.6) is 5.75 Å². The number of rotatable bonds is 8. The first-order valence-corrected chi connectivity index (χ1v) is 13.7. The van der Waals surface area contributed by atoms with Gasteiger partial charge in [-0.25, -0.2) is 13.4 Å². The van der Waals surface area contributed by atoms with Gasteiger partial charge in [-0.2, -0.15) is 0 Å². The van der Waals surface area contributed by atoms with Gasteiger partial charge in [-0.3, -0.25) is 14.4 Å². The van der Waals surface area contributed by atoms with Gasteiger partial charge in [0.05, 0.1) is 35.0 Å². The monoisotopic (exact) mass is 553 g/mol. The highest BCUT2D eigenvalue weighted by Crippen LogP contribution is 2.32. The van der Waals surface area contributed by atoms with Crippen LogP contribution in [0.1, 0.15) is 16.1 Å². The highest BCUT2D eigenvalue weighted by Gasteiger charge is 2.23. The van der Waals surface area contributed by atoms with Crippen LogP contribution in [0.3, 0.4) is 0 Å². The summed E-state index contributed by atoms with van der Waals surface area (Å²) in [6.07, 6.45) is 1.54. The second kappa shape index (κ2) is 10.3. The molecule has 2 heterocycles. The van der Waals surface area contributed by atoms with Crippen LogP contribution in [0, 0.1) is 0 Å². The maximum atomic E-state index is 13.6. The van der Waals surface area contributed by atoms with Crippen molar-refractivity contribution < 1.29 is 22.4 Å². The van der Waals surface area contributed by atoms with E-state index in [0.717, 1.165) is 10.2 Å². The molecule has 0 saturated carbocycles. The van der Waals surface area contributed by atoms with E-state index in [2.05, 4.69) is 9.71 Å². The number of methoxy groups -OCH3 is 1. The second-order valence-electron chi connectivity index (χ2n) is 7.94. The minimum atomic E-state index is -3.82. The highest BCUT2D eigenvalue weighted by molar-refractivity contribution is 7.92. The lowest BCUT2D eigenvalue weighted by Gasteiger charge is -2.19. The third-order valence-corrected chi connectivity index (χ3v) is 8.14. The zero-order valence-corrected chi connectivity index (χ0v) is 21.8. The molecule has 0 spiro atoms. The molecule has 0 saturated heterocycles. The number of aromatic nitrogens is 1. The SMILES string of the molecule is COc1ccc(S(=O)(=O)Nc2ccc(C(=O)N(Cc3ccco3)c3nc4ccc(Cl)cc4s3)cc2)cc1. The summed E-state index contributed by atoms with van der Waals surface area (Å²) in [5, 5.41) is 1.07. The Labute approximate surface area is 222 Å². The second-order valence-corrected chi connectivity index (χ2v) is 11.1. The smallest absolute Gasteiger partial charge is 0.261 e. The lowest BCUT2D eigenvalue weighted by molar-refractivity contribution is 0.0983. The largest absolute Gasteiger partial charge is 0.497 e. The fourth-order valence-electron chi connectivity index (χ4n) is 3.59. The van der Waals surface area contributed by atoms with Gasteiger partial charge in [0.25, 0.3) is 15.9 Å². The van der Waals surface area contributed by atoms with Crippen LogP contribution < -0.4 is 14.4 Å². The minimum Gasteiger partial charge on any atom is -0.497 e. The molecule has 188 valence electrons. The molecule has 0 aliphatic rings. The number of nitrogens with one attached hydrogen (secondary N) is 1. The topological polar surface area (TPSA) is 102 Å². The molecule has 0 aliphatic carbocycles. The van der Waals surface area contributed by atoms with Gasteiger partial charge in [-0.05, 0) is 78.9 Å². The number of hydrogen-bond donors (Lipinski definition) is 1. The molecule has 37 heavy (non-hydrogen) atoms. The molecule has 2 aromatic heterocycles. The average molecular weight is 554 g/mol. The van der Waals surface area contributed by atoms with E-state index in [1.807, 2.05) is 0 Å². The molecular weight excluding hydrogens is 534 g/mol. The summed E-state index contributed by atoms with van der Waals surface area (Å²) >= 11 is 7.47. The van der Waals surface area contributed by atoms with E-state index in [1.165, 1.54) is 47.6 Å². The van der Waals surface area contributed by atoms with Gasteiger partial charge >= 0.3 is 0 Å². The number of nitrogens with zero attached hydrogens (tertiary/aromatic N) is 2. The number of thiazole rings is 1. The summed E-state index contributed by atoms with van der Waals surface area (Å²) in [6.45, 7) is 0.172. The number of carbonyl (C=O) groups excluding carboxylic acids is 1. The van der Waals surface area contributed by atoms with Gasteiger partial charge in [0.15, 0.2) is 5.13 Å². The molecular formula is C26H20ClN3O5S2. The molecule has 0 radical (unpaired) electrons. The van der Waals surface area contributed by atoms with E-state index in [0.29, 0.717) is 32.9 Å². The van der Waals surface area contributed by atoms with Crippen LogP contribution in [0.2, 0.25) is 5.02 Å². The Morgan fingerprint density at radius 2 is 1.84 bits per heavy atom. The van der Waals surface area contributed by atoms with Gasteiger partial charge < -0.3 is 9.15 Å². The zero-order valence-electron chi connectivity index (χ0n) is 19.4. The van der Waals surface area contributed by atoms with Crippen molar-refractivity contribution in [1.29, 1.82) is 0 Å². The summed E-state index contributed by atoms with van der Waals surface area (Å²) in [7, 11) is -2.31. The lowest BCUT2D eigenvalue weighted by Crippen LogP contribution is -2.30. The van der Waals surface area contributed by atoms with Crippen LogP contribution in [-0.2, 0) is 16.6 Å². The van der Waals surface area contributed by atoms with Crippen LogP contribution in [0.15, 0.2) is 94.4 Å². The van der Waals surface area contributed by atoms with E-state index in [1.54, 1.807) is 60.9 Å². The predicted molar refractivity (Wildman–Crippen MR) is 144 cm³/mol. The van der Waals surface area contributed by atoms with Gasteiger partial charge in [-0.15, -0.1) is 0 Å². The van der Waals surface area contributed by atoms with Crippen LogP contribution in [0.4, 0.5) is 10.8 Å². The van der Waals surface area contributed by atoms with Gasteiger partial charge in [-0.1, -0.05) is 22.9 Å². The van der Waals surface area contributed by atoms with Gasteiger partial charge in [0.2, 0.25) is 0 Å². The Morgan fingerprint density at radius 1 is 1.08 bits per heavy atom. The number of ether oxygens (including phenoxy) is 1. The van der Waals surface area contributed by atoms with Crippen LogP contribution in [0.25, 0.3) is 10.2 Å². The molecule has 5 aromatic rings. The highest BCUT2D eigenvalue weighted by atomic mass is 35.5. The molecule has 11 heteroatoms. The van der Waals surface area contributed by atoms with Crippen LogP contribution >= 0.6 is 22.9 Å². The molecule has 5 rings (SSSR count). The summed E-state index contributed by atoms with van der Waals surface area (Å²) in [5.74, 6) is 0.831. The van der Waals surface area contributed by atoms with E-state index in [-0.39, 0.29) is 17.3 Å². The van der Waals surface area contributed by atoms with E-state index in [4.69, 9.17) is 20.8 Å². The number of furan rings is 1. The number of benzene rings is 3. The van der Waals surface area contributed by atoms with E-state index < -0.39 is 10.0 Å². The fraction of sp³-hybridized carbons (Fsp3) is 0.0769. The normalized spacial score (nSPS) is 11.4. The summed E-state index contributed by atoms with van der Waals surface area (Å²) in [6, 6.07) is 21.1. The maximum absolute atomic E-state index is 13.6. The predicted octanol–water partition coefficient (Wildman–Crippen LogP) is 6.20. The first kappa shape index (κ1) is 24.8. The number of halogens is 1. The number of amides is 1. The molecule has 1 N–H and O–H groups in total. The van der Waals surface area contributed by atoms with E-state index in [9.17, 15) is 13.2 Å². The number of fused-ring (bicyclic) bond motifs is 1. The average Bonchev–Trinajstić information content (AvgIpc) is 3.56. The van der Waals surface area contributed by atoms with Gasteiger partial charge in [0.1, 0.15) is 11.5 Å². The number of carbonyl (C=O) groups is 1. The molecule has 0 atom stereocenters.